The Morgan fingerprint density at radius 3 is 2.27 bits per heavy atom. The zero-order valence-electron chi connectivity index (χ0n) is 14.0. The lowest BCUT2D eigenvalue weighted by Gasteiger charge is -2.09. The molecule has 0 aromatic heterocycles. The van der Waals surface area contributed by atoms with Crippen molar-refractivity contribution >= 4 is 44.8 Å². The summed E-state index contributed by atoms with van der Waals surface area (Å²) in [5.74, 6) is -0.457. The standard InChI is InChI=1S/C17H18ClN3O4S/c1-11(22)20-16-8-5-13(10-15(16)18)21-17(23)9-4-12-2-6-14(7-3-12)26(19,24)25/h2-3,5-8,10H,4,9H2,1H3,(H,20,22)(H,21,23)(H2,19,24,25). The van der Waals surface area contributed by atoms with Crippen LogP contribution in [0.4, 0.5) is 11.4 Å². The number of carbonyl (C=O) groups is 2. The monoisotopic (exact) mass is 395 g/mol. The van der Waals surface area contributed by atoms with E-state index in [4.69, 9.17) is 16.7 Å². The Bertz CT molecular complexity index is 928. The predicted octanol–water partition coefficient (Wildman–Crippen LogP) is 2.52. The van der Waals surface area contributed by atoms with Crippen molar-refractivity contribution in [2.75, 3.05) is 10.6 Å². The second-order valence-electron chi connectivity index (χ2n) is 5.61. The second-order valence-corrected chi connectivity index (χ2v) is 7.58. The molecule has 0 unspecified atom stereocenters. The summed E-state index contributed by atoms with van der Waals surface area (Å²) < 4.78 is 22.4. The van der Waals surface area contributed by atoms with E-state index in [1.54, 1.807) is 30.3 Å². The molecule has 0 saturated carbocycles. The van der Waals surface area contributed by atoms with Crippen molar-refractivity contribution in [3.63, 3.8) is 0 Å². The van der Waals surface area contributed by atoms with Crippen LogP contribution in [-0.2, 0) is 26.0 Å². The van der Waals surface area contributed by atoms with Crippen LogP contribution in [0.3, 0.4) is 0 Å². The molecule has 0 bridgehead atoms. The molecular weight excluding hydrogens is 378 g/mol. The van der Waals surface area contributed by atoms with Gasteiger partial charge in [0.1, 0.15) is 0 Å². The number of benzene rings is 2. The third-order valence-corrected chi connectivity index (χ3v) is 4.70. The summed E-state index contributed by atoms with van der Waals surface area (Å²) >= 11 is 6.06. The molecule has 26 heavy (non-hydrogen) atoms. The summed E-state index contributed by atoms with van der Waals surface area (Å²) in [6, 6.07) is 10.8. The zero-order chi connectivity index (χ0) is 19.3. The van der Waals surface area contributed by atoms with E-state index in [-0.39, 0.29) is 23.1 Å². The highest BCUT2D eigenvalue weighted by Gasteiger charge is 2.09. The fourth-order valence-electron chi connectivity index (χ4n) is 2.21. The van der Waals surface area contributed by atoms with Crippen molar-refractivity contribution in [1.29, 1.82) is 0 Å². The normalized spacial score (nSPS) is 11.0. The van der Waals surface area contributed by atoms with Crippen LogP contribution in [0.2, 0.25) is 5.02 Å². The first-order valence-corrected chi connectivity index (χ1v) is 9.56. The largest absolute Gasteiger partial charge is 0.326 e. The molecule has 0 aliphatic carbocycles. The van der Waals surface area contributed by atoms with Crippen molar-refractivity contribution in [2.24, 2.45) is 5.14 Å². The van der Waals surface area contributed by atoms with Crippen LogP contribution in [0.25, 0.3) is 0 Å². The molecule has 9 heteroatoms. The molecule has 0 radical (unpaired) electrons. The Labute approximate surface area is 156 Å². The molecule has 0 atom stereocenters. The van der Waals surface area contributed by atoms with Crippen LogP contribution in [0, 0.1) is 0 Å². The van der Waals surface area contributed by atoms with E-state index in [1.807, 2.05) is 0 Å². The number of primary sulfonamides is 1. The number of hydrogen-bond acceptors (Lipinski definition) is 4. The van der Waals surface area contributed by atoms with Crippen LogP contribution in [-0.4, -0.2) is 20.2 Å². The predicted molar refractivity (Wildman–Crippen MR) is 101 cm³/mol. The molecule has 7 nitrogen and oxygen atoms in total. The number of carbonyl (C=O) groups excluding carboxylic acids is 2. The van der Waals surface area contributed by atoms with E-state index in [0.29, 0.717) is 22.8 Å². The lowest BCUT2D eigenvalue weighted by Crippen LogP contribution is -2.13. The summed E-state index contributed by atoms with van der Waals surface area (Å²) in [5, 5.41) is 10.7. The number of halogens is 1. The molecule has 2 amide bonds. The molecule has 4 N–H and O–H groups in total. The van der Waals surface area contributed by atoms with Gasteiger partial charge in [-0.2, -0.15) is 0 Å². The minimum Gasteiger partial charge on any atom is -0.326 e. The van der Waals surface area contributed by atoms with Crippen LogP contribution >= 0.6 is 11.6 Å². The highest BCUT2D eigenvalue weighted by molar-refractivity contribution is 7.89. The Balaban J connectivity index is 1.92. The number of aryl methyl sites for hydroxylation is 1. The summed E-state index contributed by atoms with van der Waals surface area (Å²) in [6.45, 7) is 1.38. The van der Waals surface area contributed by atoms with Gasteiger partial charge < -0.3 is 10.6 Å². The van der Waals surface area contributed by atoms with E-state index >= 15 is 0 Å². The summed E-state index contributed by atoms with van der Waals surface area (Å²) in [5.41, 5.74) is 1.79. The van der Waals surface area contributed by atoms with Gasteiger partial charge in [0.2, 0.25) is 21.8 Å². The SMILES string of the molecule is CC(=O)Nc1ccc(NC(=O)CCc2ccc(S(N)(=O)=O)cc2)cc1Cl. The molecule has 0 heterocycles. The molecule has 0 aliphatic rings. The van der Waals surface area contributed by atoms with Crippen molar-refractivity contribution in [3.8, 4) is 0 Å². The van der Waals surface area contributed by atoms with Gasteiger partial charge in [-0.3, -0.25) is 9.59 Å². The zero-order valence-corrected chi connectivity index (χ0v) is 15.5. The Morgan fingerprint density at radius 2 is 1.73 bits per heavy atom. The van der Waals surface area contributed by atoms with Gasteiger partial charge in [0, 0.05) is 19.0 Å². The molecule has 138 valence electrons. The average Bonchev–Trinajstić information content (AvgIpc) is 2.55. The number of nitrogens with one attached hydrogen (secondary N) is 2. The van der Waals surface area contributed by atoms with E-state index in [9.17, 15) is 18.0 Å². The van der Waals surface area contributed by atoms with Crippen molar-refractivity contribution in [2.45, 2.75) is 24.7 Å². The summed E-state index contributed by atoms with van der Waals surface area (Å²) in [6.07, 6.45) is 0.647. The minimum absolute atomic E-state index is 0.0274. The Hall–Kier alpha value is -2.42. The third-order valence-electron chi connectivity index (χ3n) is 3.46. The fraction of sp³-hybridized carbons (Fsp3) is 0.176. The van der Waals surface area contributed by atoms with Gasteiger partial charge in [-0.25, -0.2) is 13.6 Å². The Kier molecular flexibility index (Phi) is 6.36. The highest BCUT2D eigenvalue weighted by atomic mass is 35.5. The quantitative estimate of drug-likeness (QED) is 0.696. The fourth-order valence-corrected chi connectivity index (χ4v) is 2.95. The van der Waals surface area contributed by atoms with E-state index in [0.717, 1.165) is 5.56 Å². The number of hydrogen-bond donors (Lipinski definition) is 3. The smallest absolute Gasteiger partial charge is 0.238 e. The van der Waals surface area contributed by atoms with Crippen LogP contribution in [0.5, 0.6) is 0 Å². The number of rotatable bonds is 6. The number of nitrogens with two attached hydrogens (primary N) is 1. The maximum Gasteiger partial charge on any atom is 0.238 e. The molecule has 0 spiro atoms. The first-order valence-electron chi connectivity index (χ1n) is 7.64. The number of amides is 2. The van der Waals surface area contributed by atoms with Gasteiger partial charge in [-0.15, -0.1) is 0 Å². The third kappa shape index (κ3) is 5.83. The van der Waals surface area contributed by atoms with Gasteiger partial charge in [0.15, 0.2) is 0 Å². The van der Waals surface area contributed by atoms with Gasteiger partial charge in [-0.05, 0) is 42.3 Å². The average molecular weight is 396 g/mol. The summed E-state index contributed by atoms with van der Waals surface area (Å²) in [7, 11) is -3.72. The first kappa shape index (κ1) is 19.9. The highest BCUT2D eigenvalue weighted by Crippen LogP contribution is 2.25. The molecule has 0 saturated heterocycles. The minimum atomic E-state index is -3.72. The van der Waals surface area contributed by atoms with E-state index < -0.39 is 10.0 Å². The molecule has 0 fully saturated rings. The topological polar surface area (TPSA) is 118 Å². The lowest BCUT2D eigenvalue weighted by atomic mass is 10.1. The van der Waals surface area contributed by atoms with Gasteiger partial charge in [0.05, 0.1) is 15.6 Å². The summed E-state index contributed by atoms with van der Waals surface area (Å²) in [4.78, 5) is 23.1. The number of anilines is 2. The Morgan fingerprint density at radius 1 is 1.08 bits per heavy atom. The van der Waals surface area contributed by atoms with Crippen molar-refractivity contribution < 1.29 is 18.0 Å². The first-order chi connectivity index (χ1) is 12.1. The van der Waals surface area contributed by atoms with Crippen LogP contribution in [0.15, 0.2) is 47.4 Å². The molecule has 2 rings (SSSR count). The van der Waals surface area contributed by atoms with Crippen molar-refractivity contribution in [3.05, 3.63) is 53.1 Å². The number of sulfonamides is 1. The van der Waals surface area contributed by atoms with Crippen LogP contribution in [0.1, 0.15) is 18.9 Å². The second kappa shape index (κ2) is 8.31. The maximum absolute atomic E-state index is 12.0. The molecule has 2 aromatic rings. The maximum atomic E-state index is 12.0. The lowest BCUT2D eigenvalue weighted by molar-refractivity contribution is -0.116. The molecule has 2 aromatic carbocycles. The van der Waals surface area contributed by atoms with E-state index in [2.05, 4.69) is 10.6 Å². The molecule has 0 aliphatic heterocycles. The van der Waals surface area contributed by atoms with E-state index in [1.165, 1.54) is 19.1 Å². The van der Waals surface area contributed by atoms with Gasteiger partial charge >= 0.3 is 0 Å². The molecular formula is C17H18ClN3O4S. The van der Waals surface area contributed by atoms with Gasteiger partial charge in [0.25, 0.3) is 0 Å². The van der Waals surface area contributed by atoms with Crippen molar-refractivity contribution in [1.82, 2.24) is 0 Å². The van der Waals surface area contributed by atoms with Gasteiger partial charge in [-0.1, -0.05) is 23.7 Å². The van der Waals surface area contributed by atoms with Crippen LogP contribution < -0.4 is 15.8 Å².